The predicted octanol–water partition coefficient (Wildman–Crippen LogP) is 1.35. The molecule has 2 rings (SSSR count). The van der Waals surface area contributed by atoms with E-state index in [0.717, 1.165) is 5.56 Å². The van der Waals surface area contributed by atoms with Crippen molar-refractivity contribution in [1.29, 1.82) is 0 Å². The van der Waals surface area contributed by atoms with Crippen LogP contribution in [0.1, 0.15) is 45.1 Å². The van der Waals surface area contributed by atoms with Gasteiger partial charge in [-0.1, -0.05) is 44.2 Å². The number of carbonyl (C=O) groups excluding carboxylic acids is 4. The van der Waals surface area contributed by atoms with E-state index in [0.29, 0.717) is 25.8 Å². The fourth-order valence-electron chi connectivity index (χ4n) is 4.41. The Morgan fingerprint density at radius 1 is 1.21 bits per heavy atom. The Kier molecular flexibility index (Phi) is 12.0. The number of hydrogen-bond donors (Lipinski definition) is 3. The first-order valence-corrected chi connectivity index (χ1v) is 12.7. The number of ether oxygens (including phenoxy) is 1. The van der Waals surface area contributed by atoms with E-state index < -0.39 is 48.5 Å². The van der Waals surface area contributed by atoms with Crippen LogP contribution >= 0.6 is 0 Å². The molecule has 5 N–H and O–H groups in total. The topological polar surface area (TPSA) is 160 Å². The molecule has 0 spiro atoms. The molecule has 12 heteroatoms. The molecule has 1 heterocycles. The maximum atomic E-state index is 13.5. The van der Waals surface area contributed by atoms with Crippen LogP contribution in [0.5, 0.6) is 0 Å². The average Bonchev–Trinajstić information content (AvgIpc) is 3.39. The molecule has 0 bridgehead atoms. The molecular weight excluding hydrogens is 495 g/mol. The van der Waals surface area contributed by atoms with Gasteiger partial charge in [0.1, 0.15) is 25.4 Å². The van der Waals surface area contributed by atoms with E-state index in [1.165, 1.54) is 16.8 Å². The molecule has 0 aromatic heterocycles. The van der Waals surface area contributed by atoms with E-state index >= 15 is 0 Å². The molecule has 0 saturated carbocycles. The van der Waals surface area contributed by atoms with Crippen molar-refractivity contribution in [2.24, 2.45) is 22.4 Å². The second-order valence-corrected chi connectivity index (χ2v) is 9.63. The lowest BCUT2D eigenvalue weighted by molar-refractivity contribution is -0.147. The van der Waals surface area contributed by atoms with Gasteiger partial charge in [-0.3, -0.25) is 19.4 Å². The van der Waals surface area contributed by atoms with Crippen LogP contribution in [0, 0.1) is 5.92 Å². The number of amides is 3. The maximum absolute atomic E-state index is 13.5. The molecule has 1 aliphatic heterocycles. The number of likely N-dealkylation sites (tertiary alicyclic amines) is 1. The zero-order valence-electron chi connectivity index (χ0n) is 22.3. The molecule has 11 nitrogen and oxygen atoms in total. The van der Waals surface area contributed by atoms with Crippen molar-refractivity contribution in [3.8, 4) is 0 Å². The van der Waals surface area contributed by atoms with Crippen LogP contribution in [-0.4, -0.2) is 84.4 Å². The molecule has 0 radical (unpaired) electrons. The number of likely N-dealkylation sites (N-methyl/N-ethyl adjacent to an activating group) is 1. The van der Waals surface area contributed by atoms with Crippen LogP contribution in [-0.2, 0) is 25.7 Å². The second-order valence-electron chi connectivity index (χ2n) is 9.63. The Balaban J connectivity index is 2.08. The van der Waals surface area contributed by atoms with Crippen LogP contribution in [0.3, 0.4) is 0 Å². The molecule has 3 atom stereocenters. The third-order valence-electron chi connectivity index (χ3n) is 6.49. The molecule has 1 aromatic carbocycles. The van der Waals surface area contributed by atoms with E-state index in [4.69, 9.17) is 16.2 Å². The number of alkyl halides is 1. The van der Waals surface area contributed by atoms with Crippen LogP contribution < -0.4 is 16.8 Å². The number of nitrogens with two attached hydrogens (primary N) is 2. The fourth-order valence-corrected chi connectivity index (χ4v) is 4.41. The SMILES string of the molecule is CC(C)[C@H](NC(=O)OCc1ccccc1)C(=O)N1CCC[C@H]1C(=O)N(C)[C@@H](CCCN=C(N)N)C(=O)CF. The molecule has 3 amide bonds. The molecule has 0 unspecified atom stereocenters. The van der Waals surface area contributed by atoms with Gasteiger partial charge in [0.15, 0.2) is 11.7 Å². The van der Waals surface area contributed by atoms with E-state index in [1.54, 1.807) is 13.8 Å². The molecule has 0 aliphatic carbocycles. The van der Waals surface area contributed by atoms with Crippen molar-refractivity contribution in [2.75, 3.05) is 26.8 Å². The van der Waals surface area contributed by atoms with Crippen molar-refractivity contribution >= 4 is 29.7 Å². The minimum atomic E-state index is -1.22. The smallest absolute Gasteiger partial charge is 0.408 e. The van der Waals surface area contributed by atoms with Gasteiger partial charge in [-0.2, -0.15) is 0 Å². The number of guanidine groups is 1. The maximum Gasteiger partial charge on any atom is 0.408 e. The van der Waals surface area contributed by atoms with Gasteiger partial charge in [-0.05, 0) is 37.2 Å². The zero-order valence-corrected chi connectivity index (χ0v) is 22.3. The summed E-state index contributed by atoms with van der Waals surface area (Å²) in [7, 11) is 1.43. The van der Waals surface area contributed by atoms with Crippen molar-refractivity contribution in [1.82, 2.24) is 15.1 Å². The molecule has 1 saturated heterocycles. The summed E-state index contributed by atoms with van der Waals surface area (Å²) in [6.45, 7) is 2.95. The van der Waals surface area contributed by atoms with E-state index in [9.17, 15) is 23.6 Å². The first-order chi connectivity index (χ1) is 18.1. The summed E-state index contributed by atoms with van der Waals surface area (Å²) in [5.41, 5.74) is 11.4. The summed E-state index contributed by atoms with van der Waals surface area (Å²) in [6.07, 6.45) is 0.762. The molecule has 38 heavy (non-hydrogen) atoms. The van der Waals surface area contributed by atoms with Crippen LogP contribution in [0.25, 0.3) is 0 Å². The normalized spacial score (nSPS) is 16.4. The summed E-state index contributed by atoms with van der Waals surface area (Å²) in [4.78, 5) is 58.2. The Bertz CT molecular complexity index is 986. The van der Waals surface area contributed by atoms with E-state index in [2.05, 4.69) is 10.3 Å². The Labute approximate surface area is 222 Å². The molecule has 1 aromatic rings. The molecule has 1 aliphatic rings. The molecule has 1 fully saturated rings. The quantitative estimate of drug-likeness (QED) is 0.196. The number of hydrogen-bond acceptors (Lipinski definition) is 6. The summed E-state index contributed by atoms with van der Waals surface area (Å²) in [6, 6.07) is 6.39. The van der Waals surface area contributed by atoms with Crippen molar-refractivity contribution in [3.05, 3.63) is 35.9 Å². The number of rotatable bonds is 13. The zero-order chi connectivity index (χ0) is 28.2. The number of nitrogens with zero attached hydrogens (tertiary/aromatic N) is 3. The molecule has 210 valence electrons. The minimum absolute atomic E-state index is 0.0501. The average molecular weight is 535 g/mol. The summed E-state index contributed by atoms with van der Waals surface area (Å²) in [5, 5.41) is 2.63. The van der Waals surface area contributed by atoms with Crippen molar-refractivity contribution in [2.45, 2.75) is 64.3 Å². The van der Waals surface area contributed by atoms with Crippen LogP contribution in [0.15, 0.2) is 35.3 Å². The van der Waals surface area contributed by atoms with Gasteiger partial charge in [-0.25, -0.2) is 9.18 Å². The second kappa shape index (κ2) is 14.9. The standard InChI is InChI=1S/C26H39FN6O5/c1-17(2)22(31-26(37)38-16-18-9-5-4-6-10-18)24(36)33-14-8-12-20(33)23(35)32(3)19(21(34)15-27)11-7-13-30-25(28)29/h4-6,9-10,17,19-20,22H,7-8,11-16H2,1-3H3,(H,31,37)(H4,28,29,30)/t19-,20-,22-/m0/s1. The van der Waals surface area contributed by atoms with Crippen LogP contribution in [0.4, 0.5) is 9.18 Å². The van der Waals surface area contributed by atoms with Gasteiger partial charge in [0.05, 0.1) is 6.04 Å². The Hall–Kier alpha value is -3.70. The van der Waals surface area contributed by atoms with Gasteiger partial charge >= 0.3 is 6.09 Å². The van der Waals surface area contributed by atoms with Gasteiger partial charge in [0.2, 0.25) is 11.8 Å². The number of alkyl carbamates (subject to hydrolysis) is 1. The molecular formula is C26H39FN6O5. The summed E-state index contributed by atoms with van der Waals surface area (Å²) in [5.74, 6) is -1.98. The highest BCUT2D eigenvalue weighted by molar-refractivity contribution is 5.95. The first-order valence-electron chi connectivity index (χ1n) is 12.7. The number of ketones is 1. The van der Waals surface area contributed by atoms with Crippen molar-refractivity contribution in [3.63, 3.8) is 0 Å². The van der Waals surface area contributed by atoms with Crippen LogP contribution in [0.2, 0.25) is 0 Å². The van der Waals surface area contributed by atoms with Gasteiger partial charge < -0.3 is 31.3 Å². The Morgan fingerprint density at radius 2 is 1.89 bits per heavy atom. The van der Waals surface area contributed by atoms with Crippen molar-refractivity contribution < 1.29 is 28.3 Å². The number of benzene rings is 1. The third-order valence-corrected chi connectivity index (χ3v) is 6.49. The lowest BCUT2D eigenvalue weighted by Crippen LogP contribution is -2.57. The summed E-state index contributed by atoms with van der Waals surface area (Å²) >= 11 is 0. The number of nitrogens with one attached hydrogen (secondary N) is 1. The number of carbonyl (C=O) groups is 4. The number of aliphatic imine (C=N–C) groups is 1. The Morgan fingerprint density at radius 3 is 2.50 bits per heavy atom. The monoisotopic (exact) mass is 534 g/mol. The predicted molar refractivity (Wildman–Crippen MR) is 141 cm³/mol. The summed E-state index contributed by atoms with van der Waals surface area (Å²) < 4.78 is 18.6. The van der Waals surface area contributed by atoms with E-state index in [1.807, 2.05) is 30.3 Å². The largest absolute Gasteiger partial charge is 0.445 e. The van der Waals surface area contributed by atoms with E-state index in [-0.39, 0.29) is 31.4 Å². The lowest BCUT2D eigenvalue weighted by Gasteiger charge is -2.34. The third kappa shape index (κ3) is 8.70. The highest BCUT2D eigenvalue weighted by atomic mass is 19.1. The number of Topliss-reactive ketones (excluding diaryl/α,β-unsaturated/α-hetero) is 1. The van der Waals surface area contributed by atoms with Gasteiger partial charge in [-0.15, -0.1) is 0 Å². The van der Waals surface area contributed by atoms with Gasteiger partial charge in [0, 0.05) is 20.1 Å². The fraction of sp³-hybridized carbons (Fsp3) is 0.577. The highest BCUT2D eigenvalue weighted by Crippen LogP contribution is 2.23. The number of halogens is 1. The minimum Gasteiger partial charge on any atom is -0.445 e. The first kappa shape index (κ1) is 30.5. The van der Waals surface area contributed by atoms with Gasteiger partial charge in [0.25, 0.3) is 0 Å². The lowest BCUT2D eigenvalue weighted by atomic mass is 10.0. The highest BCUT2D eigenvalue weighted by Gasteiger charge is 2.41.